The van der Waals surface area contributed by atoms with Crippen LogP contribution in [0.5, 0.6) is 0 Å². The predicted octanol–water partition coefficient (Wildman–Crippen LogP) is 0.424. The number of amides is 1. The average Bonchev–Trinajstić information content (AvgIpc) is 2.52. The van der Waals surface area contributed by atoms with E-state index in [2.05, 4.69) is 10.6 Å². The molecule has 4 heteroatoms. The Labute approximate surface area is 77.3 Å². The van der Waals surface area contributed by atoms with E-state index in [1.165, 1.54) is 0 Å². The lowest BCUT2D eigenvalue weighted by molar-refractivity contribution is -0.119. The van der Waals surface area contributed by atoms with Gasteiger partial charge in [-0.15, -0.1) is 0 Å². The van der Waals surface area contributed by atoms with Crippen molar-refractivity contribution in [2.24, 2.45) is 0 Å². The third kappa shape index (κ3) is 2.91. The molecule has 0 unspecified atom stereocenters. The highest BCUT2D eigenvalue weighted by molar-refractivity contribution is 5.77. The van der Waals surface area contributed by atoms with E-state index in [4.69, 9.17) is 4.42 Å². The summed E-state index contributed by atoms with van der Waals surface area (Å²) in [7, 11) is 1.61. The molecule has 72 valence electrons. The van der Waals surface area contributed by atoms with Gasteiger partial charge in [0.1, 0.15) is 5.76 Å². The Morgan fingerprint density at radius 2 is 2.38 bits per heavy atom. The standard InChI is InChI=1S/C9H14N2O2/c1-7-3-4-13-8(7)5-11-6-9(12)10-2/h3-4,11H,5-6H2,1-2H3,(H,10,12). The van der Waals surface area contributed by atoms with Gasteiger partial charge in [-0.05, 0) is 18.6 Å². The molecule has 0 aromatic carbocycles. The lowest BCUT2D eigenvalue weighted by Gasteiger charge is -2.01. The van der Waals surface area contributed by atoms with Crippen molar-refractivity contribution in [2.75, 3.05) is 13.6 Å². The molecule has 1 heterocycles. The van der Waals surface area contributed by atoms with Gasteiger partial charge in [-0.1, -0.05) is 0 Å². The monoisotopic (exact) mass is 182 g/mol. The number of carbonyl (C=O) groups excluding carboxylic acids is 1. The van der Waals surface area contributed by atoms with E-state index in [-0.39, 0.29) is 5.91 Å². The van der Waals surface area contributed by atoms with E-state index in [1.54, 1.807) is 13.3 Å². The number of likely N-dealkylation sites (N-methyl/N-ethyl adjacent to an activating group) is 1. The second kappa shape index (κ2) is 4.67. The van der Waals surface area contributed by atoms with Crippen molar-refractivity contribution in [2.45, 2.75) is 13.5 Å². The van der Waals surface area contributed by atoms with Crippen molar-refractivity contribution in [3.05, 3.63) is 23.7 Å². The maximum absolute atomic E-state index is 10.8. The summed E-state index contributed by atoms with van der Waals surface area (Å²) in [5.74, 6) is 0.855. The molecule has 4 nitrogen and oxygen atoms in total. The van der Waals surface area contributed by atoms with Crippen molar-refractivity contribution in [1.82, 2.24) is 10.6 Å². The van der Waals surface area contributed by atoms with Crippen molar-refractivity contribution < 1.29 is 9.21 Å². The van der Waals surface area contributed by atoms with Crippen molar-refractivity contribution >= 4 is 5.91 Å². The van der Waals surface area contributed by atoms with Crippen molar-refractivity contribution in [3.8, 4) is 0 Å². The Kier molecular flexibility index (Phi) is 3.52. The van der Waals surface area contributed by atoms with Gasteiger partial charge in [-0.2, -0.15) is 0 Å². The molecule has 1 amide bonds. The van der Waals surface area contributed by atoms with Gasteiger partial charge in [-0.3, -0.25) is 4.79 Å². The normalized spacial score (nSPS) is 10.0. The molecule has 0 saturated carbocycles. The SMILES string of the molecule is CNC(=O)CNCc1occc1C. The highest BCUT2D eigenvalue weighted by Gasteiger charge is 2.02. The van der Waals surface area contributed by atoms with Crippen LogP contribution in [-0.4, -0.2) is 19.5 Å². The van der Waals surface area contributed by atoms with Crippen LogP contribution >= 0.6 is 0 Å². The molecule has 2 N–H and O–H groups in total. The van der Waals surface area contributed by atoms with E-state index in [1.807, 2.05) is 13.0 Å². The van der Waals surface area contributed by atoms with Crippen LogP contribution in [-0.2, 0) is 11.3 Å². The van der Waals surface area contributed by atoms with Gasteiger partial charge in [-0.25, -0.2) is 0 Å². The van der Waals surface area contributed by atoms with Crippen LogP contribution in [0.15, 0.2) is 16.7 Å². The molecule has 1 aromatic rings. The number of aryl methyl sites for hydroxylation is 1. The first kappa shape index (κ1) is 9.80. The zero-order chi connectivity index (χ0) is 9.68. The van der Waals surface area contributed by atoms with Crippen LogP contribution in [0.1, 0.15) is 11.3 Å². The number of hydrogen-bond acceptors (Lipinski definition) is 3. The molecule has 0 aliphatic heterocycles. The molecule has 0 radical (unpaired) electrons. The fraction of sp³-hybridized carbons (Fsp3) is 0.444. The number of hydrogen-bond donors (Lipinski definition) is 2. The predicted molar refractivity (Wildman–Crippen MR) is 49.2 cm³/mol. The second-order valence-corrected chi connectivity index (χ2v) is 2.80. The van der Waals surface area contributed by atoms with Crippen LogP contribution in [0, 0.1) is 6.92 Å². The summed E-state index contributed by atoms with van der Waals surface area (Å²) < 4.78 is 5.19. The Morgan fingerprint density at radius 1 is 1.62 bits per heavy atom. The molecular weight excluding hydrogens is 168 g/mol. The van der Waals surface area contributed by atoms with Crippen LogP contribution in [0.2, 0.25) is 0 Å². The molecule has 0 saturated heterocycles. The minimum absolute atomic E-state index is 0.0239. The first-order valence-electron chi connectivity index (χ1n) is 4.18. The van der Waals surface area contributed by atoms with Gasteiger partial charge in [0.2, 0.25) is 5.91 Å². The summed E-state index contributed by atoms with van der Waals surface area (Å²) >= 11 is 0. The molecule has 1 rings (SSSR count). The number of furan rings is 1. The van der Waals surface area contributed by atoms with Crippen molar-refractivity contribution in [3.63, 3.8) is 0 Å². The molecule has 0 fully saturated rings. The molecule has 0 aliphatic rings. The summed E-state index contributed by atoms with van der Waals surface area (Å²) in [6, 6.07) is 1.90. The maximum Gasteiger partial charge on any atom is 0.233 e. The highest BCUT2D eigenvalue weighted by atomic mass is 16.3. The first-order valence-corrected chi connectivity index (χ1v) is 4.18. The highest BCUT2D eigenvalue weighted by Crippen LogP contribution is 2.07. The van der Waals surface area contributed by atoms with Gasteiger partial charge in [0.15, 0.2) is 0 Å². The van der Waals surface area contributed by atoms with Crippen LogP contribution < -0.4 is 10.6 Å². The summed E-state index contributed by atoms with van der Waals surface area (Å²) in [4.78, 5) is 10.8. The maximum atomic E-state index is 10.8. The molecule has 0 spiro atoms. The smallest absolute Gasteiger partial charge is 0.233 e. The van der Waals surface area contributed by atoms with Crippen molar-refractivity contribution in [1.29, 1.82) is 0 Å². The second-order valence-electron chi connectivity index (χ2n) is 2.80. The van der Waals surface area contributed by atoms with Gasteiger partial charge in [0.05, 0.1) is 19.4 Å². The quantitative estimate of drug-likeness (QED) is 0.709. The van der Waals surface area contributed by atoms with Gasteiger partial charge in [0.25, 0.3) is 0 Å². The molecule has 0 bridgehead atoms. The number of rotatable bonds is 4. The van der Waals surface area contributed by atoms with Gasteiger partial charge >= 0.3 is 0 Å². The van der Waals surface area contributed by atoms with E-state index < -0.39 is 0 Å². The van der Waals surface area contributed by atoms with Crippen LogP contribution in [0.25, 0.3) is 0 Å². The molecular formula is C9H14N2O2. The Bertz CT molecular complexity index is 281. The zero-order valence-corrected chi connectivity index (χ0v) is 7.89. The minimum Gasteiger partial charge on any atom is -0.468 e. The number of nitrogens with one attached hydrogen (secondary N) is 2. The molecule has 1 aromatic heterocycles. The topological polar surface area (TPSA) is 54.3 Å². The summed E-state index contributed by atoms with van der Waals surface area (Å²) in [6.45, 7) is 2.88. The third-order valence-electron chi connectivity index (χ3n) is 1.82. The summed E-state index contributed by atoms with van der Waals surface area (Å²) in [5, 5.41) is 5.50. The lowest BCUT2D eigenvalue weighted by atomic mass is 10.3. The lowest BCUT2D eigenvalue weighted by Crippen LogP contribution is -2.30. The largest absolute Gasteiger partial charge is 0.468 e. The Morgan fingerprint density at radius 3 is 2.92 bits per heavy atom. The van der Waals surface area contributed by atoms with Gasteiger partial charge < -0.3 is 15.1 Å². The molecule has 0 atom stereocenters. The van der Waals surface area contributed by atoms with E-state index in [0.29, 0.717) is 13.1 Å². The molecule has 13 heavy (non-hydrogen) atoms. The van der Waals surface area contributed by atoms with Gasteiger partial charge in [0, 0.05) is 7.05 Å². The fourth-order valence-corrected chi connectivity index (χ4v) is 0.963. The Balaban J connectivity index is 2.28. The van der Waals surface area contributed by atoms with E-state index in [0.717, 1.165) is 11.3 Å². The third-order valence-corrected chi connectivity index (χ3v) is 1.82. The van der Waals surface area contributed by atoms with E-state index >= 15 is 0 Å². The number of carbonyl (C=O) groups is 1. The minimum atomic E-state index is -0.0239. The summed E-state index contributed by atoms with van der Waals surface area (Å²) in [6.07, 6.45) is 1.65. The zero-order valence-electron chi connectivity index (χ0n) is 7.89. The van der Waals surface area contributed by atoms with Crippen LogP contribution in [0.3, 0.4) is 0 Å². The average molecular weight is 182 g/mol. The Hall–Kier alpha value is -1.29. The van der Waals surface area contributed by atoms with Crippen LogP contribution in [0.4, 0.5) is 0 Å². The first-order chi connectivity index (χ1) is 6.24. The summed E-state index contributed by atoms with van der Waals surface area (Å²) in [5.41, 5.74) is 1.10. The molecule has 0 aliphatic carbocycles. The van der Waals surface area contributed by atoms with E-state index in [9.17, 15) is 4.79 Å². The fourth-order valence-electron chi connectivity index (χ4n) is 0.963.